The van der Waals surface area contributed by atoms with Crippen LogP contribution >= 0.6 is 0 Å². The highest BCUT2D eigenvalue weighted by Gasteiger charge is 2.17. The van der Waals surface area contributed by atoms with E-state index in [1.165, 1.54) is 22.4 Å². The number of hydrazine groups is 1. The van der Waals surface area contributed by atoms with E-state index in [4.69, 9.17) is 0 Å². The standard InChI is InChI=1S/C14H15N3/c1-17-14-12(7-10-16-17)3-2-4-13(14)11-5-8-15-9-6-11/h2-6,8-9,16H,7,10H2,1H3. The van der Waals surface area contributed by atoms with Gasteiger partial charge in [-0.3, -0.25) is 4.98 Å². The van der Waals surface area contributed by atoms with Crippen LogP contribution in [0.15, 0.2) is 42.7 Å². The molecule has 3 nitrogen and oxygen atoms in total. The van der Waals surface area contributed by atoms with E-state index in [0.29, 0.717) is 0 Å². The quantitative estimate of drug-likeness (QED) is 0.806. The molecule has 2 heterocycles. The van der Waals surface area contributed by atoms with Crippen LogP contribution in [0, 0.1) is 0 Å². The Kier molecular flexibility index (Phi) is 2.53. The molecule has 2 aromatic rings. The van der Waals surface area contributed by atoms with E-state index in [1.807, 2.05) is 12.4 Å². The third kappa shape index (κ3) is 1.78. The second-order valence-electron chi connectivity index (χ2n) is 4.27. The van der Waals surface area contributed by atoms with Crippen LogP contribution in [0.4, 0.5) is 5.69 Å². The molecule has 17 heavy (non-hydrogen) atoms. The summed E-state index contributed by atoms with van der Waals surface area (Å²) in [4.78, 5) is 4.07. The second kappa shape index (κ2) is 4.18. The van der Waals surface area contributed by atoms with Crippen LogP contribution in [0.5, 0.6) is 0 Å². The fourth-order valence-corrected chi connectivity index (χ4v) is 2.39. The zero-order valence-corrected chi connectivity index (χ0v) is 9.85. The van der Waals surface area contributed by atoms with Crippen molar-refractivity contribution in [3.63, 3.8) is 0 Å². The highest BCUT2D eigenvalue weighted by atomic mass is 15.5. The van der Waals surface area contributed by atoms with Gasteiger partial charge in [0.25, 0.3) is 0 Å². The Bertz CT molecular complexity index is 522. The predicted molar refractivity (Wildman–Crippen MR) is 69.8 cm³/mol. The minimum Gasteiger partial charge on any atom is -0.311 e. The average molecular weight is 225 g/mol. The van der Waals surface area contributed by atoms with E-state index in [9.17, 15) is 0 Å². The molecule has 0 atom stereocenters. The second-order valence-corrected chi connectivity index (χ2v) is 4.27. The van der Waals surface area contributed by atoms with Gasteiger partial charge in [0.1, 0.15) is 0 Å². The lowest BCUT2D eigenvalue weighted by atomic mass is 9.98. The summed E-state index contributed by atoms with van der Waals surface area (Å²) in [6.07, 6.45) is 4.76. The van der Waals surface area contributed by atoms with Crippen molar-refractivity contribution >= 4 is 5.69 Å². The van der Waals surface area contributed by atoms with E-state index in [0.717, 1.165) is 13.0 Å². The number of nitrogens with zero attached hydrogens (tertiary/aromatic N) is 2. The highest BCUT2D eigenvalue weighted by molar-refractivity contribution is 5.80. The summed E-state index contributed by atoms with van der Waals surface area (Å²) in [6.45, 7) is 1.00. The number of fused-ring (bicyclic) bond motifs is 1. The van der Waals surface area contributed by atoms with Crippen LogP contribution < -0.4 is 10.4 Å². The molecule has 0 fully saturated rings. The van der Waals surface area contributed by atoms with Gasteiger partial charge in [0.2, 0.25) is 0 Å². The Morgan fingerprint density at radius 3 is 2.82 bits per heavy atom. The highest BCUT2D eigenvalue weighted by Crippen LogP contribution is 2.34. The van der Waals surface area contributed by atoms with Crippen LogP contribution in [0.3, 0.4) is 0 Å². The fraction of sp³-hybridized carbons (Fsp3) is 0.214. The summed E-state index contributed by atoms with van der Waals surface area (Å²) in [7, 11) is 2.07. The van der Waals surface area contributed by atoms with E-state index in [1.54, 1.807) is 0 Å². The minimum absolute atomic E-state index is 1.00. The Morgan fingerprint density at radius 1 is 1.18 bits per heavy atom. The number of pyridine rings is 1. The molecular formula is C14H15N3. The van der Waals surface area contributed by atoms with Gasteiger partial charge in [0.05, 0.1) is 5.69 Å². The summed E-state index contributed by atoms with van der Waals surface area (Å²) in [6, 6.07) is 10.6. The maximum Gasteiger partial charge on any atom is 0.0627 e. The normalized spacial score (nSPS) is 14.5. The molecule has 86 valence electrons. The van der Waals surface area contributed by atoms with Crippen molar-refractivity contribution < 1.29 is 0 Å². The molecule has 1 aliphatic rings. The Hall–Kier alpha value is -1.87. The van der Waals surface area contributed by atoms with Gasteiger partial charge in [-0.05, 0) is 29.7 Å². The molecule has 0 aliphatic carbocycles. The van der Waals surface area contributed by atoms with Crippen LogP contribution in [-0.2, 0) is 6.42 Å². The van der Waals surface area contributed by atoms with Gasteiger partial charge in [0.15, 0.2) is 0 Å². The molecular weight excluding hydrogens is 210 g/mol. The lowest BCUT2D eigenvalue weighted by molar-refractivity contribution is 0.642. The zero-order valence-electron chi connectivity index (χ0n) is 9.85. The molecule has 0 bridgehead atoms. The summed E-state index contributed by atoms with van der Waals surface area (Å²) < 4.78 is 0. The molecule has 1 aliphatic heterocycles. The van der Waals surface area contributed by atoms with Gasteiger partial charge in [-0.1, -0.05) is 18.2 Å². The maximum absolute atomic E-state index is 4.07. The first-order chi connectivity index (χ1) is 8.36. The molecule has 0 unspecified atom stereocenters. The monoisotopic (exact) mass is 225 g/mol. The third-order valence-electron chi connectivity index (χ3n) is 3.19. The van der Waals surface area contributed by atoms with E-state index < -0.39 is 0 Å². The van der Waals surface area contributed by atoms with Crippen LogP contribution in [0.2, 0.25) is 0 Å². The number of para-hydroxylation sites is 1. The smallest absolute Gasteiger partial charge is 0.0627 e. The molecule has 0 spiro atoms. The number of aromatic nitrogens is 1. The zero-order chi connectivity index (χ0) is 11.7. The van der Waals surface area contributed by atoms with Crippen molar-refractivity contribution in [3.8, 4) is 11.1 Å². The first-order valence-corrected chi connectivity index (χ1v) is 5.86. The molecule has 3 heteroatoms. The number of hydrogen-bond acceptors (Lipinski definition) is 3. The Balaban J connectivity index is 2.18. The first-order valence-electron chi connectivity index (χ1n) is 5.86. The van der Waals surface area contributed by atoms with E-state index in [2.05, 4.69) is 52.8 Å². The number of benzene rings is 1. The maximum atomic E-state index is 4.07. The van der Waals surface area contributed by atoms with Gasteiger partial charge in [-0.2, -0.15) is 0 Å². The molecule has 3 rings (SSSR count). The summed E-state index contributed by atoms with van der Waals surface area (Å²) >= 11 is 0. The van der Waals surface area contributed by atoms with Crippen molar-refractivity contribution in [1.29, 1.82) is 0 Å². The van der Waals surface area contributed by atoms with E-state index >= 15 is 0 Å². The molecule has 0 saturated heterocycles. The van der Waals surface area contributed by atoms with E-state index in [-0.39, 0.29) is 0 Å². The molecule has 1 aromatic heterocycles. The summed E-state index contributed by atoms with van der Waals surface area (Å²) in [5, 5.41) is 2.12. The lowest BCUT2D eigenvalue weighted by Crippen LogP contribution is -2.40. The average Bonchev–Trinajstić information content (AvgIpc) is 2.39. The van der Waals surface area contributed by atoms with Crippen molar-refractivity contribution in [3.05, 3.63) is 48.3 Å². The largest absolute Gasteiger partial charge is 0.311 e. The van der Waals surface area contributed by atoms with Gasteiger partial charge in [0, 0.05) is 31.5 Å². The van der Waals surface area contributed by atoms with Crippen LogP contribution in [0.1, 0.15) is 5.56 Å². The molecule has 1 aromatic carbocycles. The van der Waals surface area contributed by atoms with Crippen molar-refractivity contribution in [2.75, 3.05) is 18.6 Å². The predicted octanol–water partition coefficient (Wildman–Crippen LogP) is 2.25. The number of nitrogens with one attached hydrogen (secondary N) is 1. The number of rotatable bonds is 1. The SMILES string of the molecule is CN1NCCc2cccc(-c3ccncc3)c21. The van der Waals surface area contributed by atoms with Crippen LogP contribution in [-0.4, -0.2) is 18.6 Å². The Labute approximate surface area is 101 Å². The van der Waals surface area contributed by atoms with Crippen molar-refractivity contribution in [2.24, 2.45) is 0 Å². The minimum atomic E-state index is 1.00. The fourth-order valence-electron chi connectivity index (χ4n) is 2.39. The molecule has 0 amide bonds. The lowest BCUT2D eigenvalue weighted by Gasteiger charge is -2.30. The molecule has 1 N–H and O–H groups in total. The Morgan fingerprint density at radius 2 is 2.00 bits per heavy atom. The van der Waals surface area contributed by atoms with Crippen molar-refractivity contribution in [2.45, 2.75) is 6.42 Å². The topological polar surface area (TPSA) is 28.2 Å². The van der Waals surface area contributed by atoms with Gasteiger partial charge < -0.3 is 5.01 Å². The summed E-state index contributed by atoms with van der Waals surface area (Å²) in [5.74, 6) is 0. The van der Waals surface area contributed by atoms with Crippen molar-refractivity contribution in [1.82, 2.24) is 10.4 Å². The van der Waals surface area contributed by atoms with Gasteiger partial charge >= 0.3 is 0 Å². The third-order valence-corrected chi connectivity index (χ3v) is 3.19. The van der Waals surface area contributed by atoms with Crippen LogP contribution in [0.25, 0.3) is 11.1 Å². The first kappa shape index (κ1) is 10.3. The molecule has 0 radical (unpaired) electrons. The van der Waals surface area contributed by atoms with Gasteiger partial charge in [-0.15, -0.1) is 0 Å². The van der Waals surface area contributed by atoms with Gasteiger partial charge in [-0.25, -0.2) is 5.43 Å². The number of hydrogen-bond donors (Lipinski definition) is 1. The number of anilines is 1. The molecule has 0 saturated carbocycles. The summed E-state index contributed by atoms with van der Waals surface area (Å²) in [5.41, 5.74) is 8.53.